The Morgan fingerprint density at radius 3 is 2.04 bits per heavy atom. The quantitative estimate of drug-likeness (QED) is 0.155. The fraction of sp³-hybridized carbons (Fsp3) is 0.205. The maximum absolute atomic E-state index is 14.2. The third-order valence-electron chi connectivity index (χ3n) is 8.48. The molecule has 1 aliphatic heterocycles. The second kappa shape index (κ2) is 13.4. The summed E-state index contributed by atoms with van der Waals surface area (Å²) in [6, 6.07) is 36.6. The number of benzene rings is 4. The van der Waals surface area contributed by atoms with E-state index in [0.29, 0.717) is 24.4 Å². The molecule has 6 rings (SSSR count). The molecule has 5 aromatic rings. The molecule has 234 valence electrons. The predicted octanol–water partition coefficient (Wildman–Crippen LogP) is 8.48. The van der Waals surface area contributed by atoms with Gasteiger partial charge in [-0.15, -0.1) is 0 Å². The predicted molar refractivity (Wildman–Crippen MR) is 181 cm³/mol. The summed E-state index contributed by atoms with van der Waals surface area (Å²) in [4.78, 5) is 12.6. The normalized spacial score (nSPS) is 15.3. The fourth-order valence-electron chi connectivity index (χ4n) is 6.19. The van der Waals surface area contributed by atoms with Gasteiger partial charge in [-0.25, -0.2) is 8.42 Å². The van der Waals surface area contributed by atoms with Crippen LogP contribution in [0, 0.1) is 6.92 Å². The lowest BCUT2D eigenvalue weighted by molar-refractivity contribution is -0.116. The molecule has 1 atom stereocenters. The number of fused-ring (bicyclic) bond motifs is 1. The number of Topliss-reactive ketones (excluding diaryl/α,β-unsaturated/α-hetero) is 1. The molecule has 0 saturated heterocycles. The zero-order chi connectivity index (χ0) is 32.3. The van der Waals surface area contributed by atoms with E-state index in [1.54, 1.807) is 26.2 Å². The van der Waals surface area contributed by atoms with Crippen LogP contribution in [-0.2, 0) is 26.1 Å². The van der Waals surface area contributed by atoms with Gasteiger partial charge < -0.3 is 13.9 Å². The Kier molecular flexibility index (Phi) is 9.17. The minimum atomic E-state index is -3.91. The second-order valence-corrected chi connectivity index (χ2v) is 13.6. The molecule has 0 radical (unpaired) electrons. The van der Waals surface area contributed by atoms with E-state index in [1.165, 1.54) is 4.31 Å². The summed E-state index contributed by atoms with van der Waals surface area (Å²) in [5.41, 5.74) is 7.12. The molecule has 7 heteroatoms. The molecule has 6 nitrogen and oxygen atoms in total. The van der Waals surface area contributed by atoms with Crippen LogP contribution in [0.1, 0.15) is 59.4 Å². The summed E-state index contributed by atoms with van der Waals surface area (Å²) in [5, 5.41) is 0. The highest BCUT2D eigenvalue weighted by molar-refractivity contribution is 7.89. The highest BCUT2D eigenvalue weighted by Crippen LogP contribution is 2.48. The topological polar surface area (TPSA) is 76.8 Å². The van der Waals surface area contributed by atoms with Crippen molar-refractivity contribution in [3.05, 3.63) is 149 Å². The summed E-state index contributed by atoms with van der Waals surface area (Å²) < 4.78 is 43.0. The largest absolute Gasteiger partial charge is 0.459 e. The van der Waals surface area contributed by atoms with E-state index < -0.39 is 16.1 Å². The Labute approximate surface area is 271 Å². The lowest BCUT2D eigenvalue weighted by atomic mass is 9.84. The van der Waals surface area contributed by atoms with Crippen LogP contribution in [0.3, 0.4) is 0 Å². The molecule has 2 heterocycles. The highest BCUT2D eigenvalue weighted by Gasteiger charge is 2.39. The van der Waals surface area contributed by atoms with Crippen LogP contribution in [0.15, 0.2) is 125 Å². The van der Waals surface area contributed by atoms with E-state index in [2.05, 4.69) is 0 Å². The van der Waals surface area contributed by atoms with Gasteiger partial charge in [0.05, 0.1) is 11.4 Å². The van der Waals surface area contributed by atoms with Crippen LogP contribution >= 0.6 is 0 Å². The molecule has 46 heavy (non-hydrogen) atoms. The van der Waals surface area contributed by atoms with Crippen molar-refractivity contribution in [2.24, 2.45) is 0 Å². The van der Waals surface area contributed by atoms with Crippen LogP contribution in [-0.4, -0.2) is 32.2 Å². The van der Waals surface area contributed by atoms with E-state index in [4.69, 9.17) is 9.15 Å². The fourth-order valence-corrected chi connectivity index (χ4v) is 7.56. The number of sulfonamides is 1. The monoisotopic (exact) mass is 631 g/mol. The molecule has 0 N–H and O–H groups in total. The molecular formula is C39H37NO5S. The van der Waals surface area contributed by atoms with Crippen molar-refractivity contribution < 1.29 is 22.4 Å². The number of carbonyl (C=O) groups excluding carboxylic acids is 1. The van der Waals surface area contributed by atoms with E-state index in [0.717, 1.165) is 44.5 Å². The Balaban J connectivity index is 1.67. The summed E-state index contributed by atoms with van der Waals surface area (Å²) in [5.74, 6) is 1.23. The van der Waals surface area contributed by atoms with Crippen LogP contribution in [0.2, 0.25) is 0 Å². The van der Waals surface area contributed by atoms with Crippen LogP contribution in [0.25, 0.3) is 22.5 Å². The van der Waals surface area contributed by atoms with Crippen molar-refractivity contribution in [2.45, 2.75) is 44.2 Å². The summed E-state index contributed by atoms with van der Waals surface area (Å²) >= 11 is 0. The van der Waals surface area contributed by atoms with Gasteiger partial charge in [-0.2, -0.15) is 4.31 Å². The number of methoxy groups -OCH3 is 1. The molecule has 1 aliphatic rings. The van der Waals surface area contributed by atoms with Gasteiger partial charge in [-0.1, -0.05) is 109 Å². The SMILES string of the molecule is COC(c1ccccc1)c1c(-c2ccccc2)oc2c1/C(=C(\CCC(C)=O)c1ccccc1)CN(S(=O)(=O)c1ccc(C)cc1)C2. The van der Waals surface area contributed by atoms with E-state index >= 15 is 0 Å². The highest BCUT2D eigenvalue weighted by atomic mass is 32.2. The van der Waals surface area contributed by atoms with Crippen molar-refractivity contribution in [2.75, 3.05) is 13.7 Å². The van der Waals surface area contributed by atoms with Gasteiger partial charge in [0.2, 0.25) is 10.0 Å². The Hall–Kier alpha value is -4.56. The van der Waals surface area contributed by atoms with Crippen molar-refractivity contribution in [3.8, 4) is 11.3 Å². The third kappa shape index (κ3) is 6.27. The molecule has 0 amide bonds. The van der Waals surface area contributed by atoms with Gasteiger partial charge in [0.15, 0.2) is 0 Å². The second-order valence-electron chi connectivity index (χ2n) is 11.6. The van der Waals surface area contributed by atoms with Crippen molar-refractivity contribution in [3.63, 3.8) is 0 Å². The van der Waals surface area contributed by atoms with Gasteiger partial charge in [-0.3, -0.25) is 0 Å². The number of hydrogen-bond acceptors (Lipinski definition) is 5. The van der Waals surface area contributed by atoms with Gasteiger partial charge in [0.1, 0.15) is 23.4 Å². The lowest BCUT2D eigenvalue weighted by Gasteiger charge is -2.31. The molecule has 0 spiro atoms. The summed E-state index contributed by atoms with van der Waals surface area (Å²) in [6.07, 6.45) is 0.267. The number of aryl methyl sites for hydroxylation is 1. The Morgan fingerprint density at radius 1 is 0.826 bits per heavy atom. The molecule has 4 aromatic carbocycles. The average Bonchev–Trinajstić information content (AvgIpc) is 3.46. The first-order valence-corrected chi connectivity index (χ1v) is 16.8. The molecule has 0 fully saturated rings. The van der Waals surface area contributed by atoms with Crippen LogP contribution in [0.5, 0.6) is 0 Å². The van der Waals surface area contributed by atoms with Crippen molar-refractivity contribution >= 4 is 27.0 Å². The van der Waals surface area contributed by atoms with Gasteiger partial charge in [0, 0.05) is 36.8 Å². The average molecular weight is 632 g/mol. The first-order chi connectivity index (χ1) is 22.3. The third-order valence-corrected chi connectivity index (χ3v) is 10.3. The minimum Gasteiger partial charge on any atom is -0.459 e. The molecular weight excluding hydrogens is 594 g/mol. The van der Waals surface area contributed by atoms with E-state index in [9.17, 15) is 13.2 Å². The molecule has 0 bridgehead atoms. The number of ether oxygens (including phenoxy) is 1. The number of carbonyl (C=O) groups is 1. The maximum atomic E-state index is 14.2. The van der Waals surface area contributed by atoms with Crippen LogP contribution < -0.4 is 0 Å². The number of nitrogens with zero attached hydrogens (tertiary/aromatic N) is 1. The van der Waals surface area contributed by atoms with Crippen LogP contribution in [0.4, 0.5) is 0 Å². The number of hydrogen-bond donors (Lipinski definition) is 0. The zero-order valence-electron chi connectivity index (χ0n) is 26.3. The molecule has 1 unspecified atom stereocenters. The van der Waals surface area contributed by atoms with Gasteiger partial charge in [-0.05, 0) is 54.7 Å². The number of ketones is 1. The van der Waals surface area contributed by atoms with Gasteiger partial charge >= 0.3 is 0 Å². The number of allylic oxidation sites excluding steroid dienone is 1. The molecule has 0 saturated carbocycles. The summed E-state index contributed by atoms with van der Waals surface area (Å²) in [7, 11) is -2.23. The van der Waals surface area contributed by atoms with Crippen molar-refractivity contribution in [1.82, 2.24) is 4.31 Å². The molecule has 1 aromatic heterocycles. The Bertz CT molecular complexity index is 1960. The minimum absolute atomic E-state index is 0.0505. The van der Waals surface area contributed by atoms with E-state index in [1.807, 2.05) is 110 Å². The Morgan fingerprint density at radius 2 is 1.43 bits per heavy atom. The van der Waals surface area contributed by atoms with E-state index in [-0.39, 0.29) is 23.8 Å². The smallest absolute Gasteiger partial charge is 0.243 e. The lowest BCUT2D eigenvalue weighted by Crippen LogP contribution is -2.35. The number of furan rings is 1. The maximum Gasteiger partial charge on any atom is 0.243 e. The molecule has 0 aliphatic carbocycles. The first kappa shape index (κ1) is 31.4. The zero-order valence-corrected chi connectivity index (χ0v) is 27.1. The number of rotatable bonds is 10. The van der Waals surface area contributed by atoms with Gasteiger partial charge in [0.25, 0.3) is 0 Å². The standard InChI is InChI=1S/C39H37NO5S/c1-27-19-22-32(23-20-27)46(42,43)40-25-34(33(24-21-28(2)41)29-13-7-4-8-14-29)36-35(26-40)45-39(31-17-11-6-12-18-31)37(36)38(44-3)30-15-9-5-10-16-30/h4-20,22-23,38H,21,24-26H2,1-3H3/b34-33+. The van der Waals surface area contributed by atoms with Crippen molar-refractivity contribution in [1.29, 1.82) is 0 Å². The summed E-state index contributed by atoms with van der Waals surface area (Å²) in [6.45, 7) is 3.67. The first-order valence-electron chi connectivity index (χ1n) is 15.4.